The highest BCUT2D eigenvalue weighted by molar-refractivity contribution is 4.93. The normalized spacial score (nSPS) is 24.5. The summed E-state index contributed by atoms with van der Waals surface area (Å²) in [4.78, 5) is 2.50. The van der Waals surface area contributed by atoms with Gasteiger partial charge in [-0.3, -0.25) is 0 Å². The first-order chi connectivity index (χ1) is 9.28. The van der Waals surface area contributed by atoms with Crippen molar-refractivity contribution in [2.75, 3.05) is 19.6 Å². The summed E-state index contributed by atoms with van der Waals surface area (Å²) in [6, 6.07) is 4.54. The van der Waals surface area contributed by atoms with E-state index in [4.69, 9.17) is 5.26 Å². The minimum atomic E-state index is 0.0402. The Hall–Kier alpha value is -1.06. The van der Waals surface area contributed by atoms with E-state index in [1.807, 2.05) is 0 Å². The van der Waals surface area contributed by atoms with Gasteiger partial charge >= 0.3 is 0 Å². The Labute approximate surface area is 117 Å². The van der Waals surface area contributed by atoms with Gasteiger partial charge < -0.3 is 4.90 Å². The van der Waals surface area contributed by atoms with Gasteiger partial charge in [-0.15, -0.1) is 0 Å². The lowest BCUT2D eigenvalue weighted by molar-refractivity contribution is 0.0482. The van der Waals surface area contributed by atoms with Gasteiger partial charge in [0, 0.05) is 19.5 Å². The van der Waals surface area contributed by atoms with Crippen molar-refractivity contribution < 1.29 is 0 Å². The van der Waals surface area contributed by atoms with E-state index in [-0.39, 0.29) is 5.92 Å². The second-order valence-electron chi connectivity index (χ2n) is 6.42. The molecule has 1 atom stereocenters. The molecular formula is C16H25N3. The fourth-order valence-corrected chi connectivity index (χ4v) is 3.92. The van der Waals surface area contributed by atoms with Crippen LogP contribution in [0.15, 0.2) is 0 Å². The van der Waals surface area contributed by atoms with Gasteiger partial charge in [0.2, 0.25) is 0 Å². The zero-order valence-electron chi connectivity index (χ0n) is 11.9. The van der Waals surface area contributed by atoms with Gasteiger partial charge in [-0.2, -0.15) is 10.5 Å². The zero-order valence-corrected chi connectivity index (χ0v) is 11.9. The van der Waals surface area contributed by atoms with Gasteiger partial charge in [0.1, 0.15) is 0 Å². The van der Waals surface area contributed by atoms with E-state index in [9.17, 15) is 5.26 Å². The molecular weight excluding hydrogens is 234 g/mol. The van der Waals surface area contributed by atoms with Crippen molar-refractivity contribution in [2.45, 2.75) is 57.8 Å². The van der Waals surface area contributed by atoms with Crippen LogP contribution in [0.4, 0.5) is 0 Å². The molecule has 1 saturated heterocycles. The SMILES string of the molecule is N#CCCC(C#N)CN1CCCC2(CCCCC2)C1. The van der Waals surface area contributed by atoms with Crippen LogP contribution >= 0.6 is 0 Å². The zero-order chi connectivity index (χ0) is 13.6. The van der Waals surface area contributed by atoms with Crippen LogP contribution < -0.4 is 0 Å². The predicted molar refractivity (Wildman–Crippen MR) is 75.1 cm³/mol. The van der Waals surface area contributed by atoms with Crippen LogP contribution in [-0.2, 0) is 0 Å². The Kier molecular flexibility index (Phi) is 5.23. The van der Waals surface area contributed by atoms with Crippen molar-refractivity contribution in [3.8, 4) is 12.1 Å². The summed E-state index contributed by atoms with van der Waals surface area (Å²) in [6.45, 7) is 3.21. The van der Waals surface area contributed by atoms with Crippen LogP contribution in [0.25, 0.3) is 0 Å². The van der Waals surface area contributed by atoms with Gasteiger partial charge in [-0.05, 0) is 44.1 Å². The first-order valence-electron chi connectivity index (χ1n) is 7.77. The van der Waals surface area contributed by atoms with E-state index in [1.54, 1.807) is 0 Å². The average Bonchev–Trinajstić information content (AvgIpc) is 2.44. The predicted octanol–water partition coefficient (Wildman–Crippen LogP) is 3.48. The van der Waals surface area contributed by atoms with Crippen LogP contribution in [0, 0.1) is 34.0 Å². The summed E-state index contributed by atoms with van der Waals surface area (Å²) in [5.41, 5.74) is 0.561. The summed E-state index contributed by atoms with van der Waals surface area (Å²) < 4.78 is 0. The summed E-state index contributed by atoms with van der Waals surface area (Å²) in [7, 11) is 0. The van der Waals surface area contributed by atoms with Crippen molar-refractivity contribution in [3.63, 3.8) is 0 Å². The largest absolute Gasteiger partial charge is 0.301 e. The van der Waals surface area contributed by atoms with Crippen LogP contribution in [0.5, 0.6) is 0 Å². The Morgan fingerprint density at radius 2 is 1.79 bits per heavy atom. The number of nitrogens with zero attached hydrogens (tertiary/aromatic N) is 3. The summed E-state index contributed by atoms with van der Waals surface area (Å²) >= 11 is 0. The first-order valence-corrected chi connectivity index (χ1v) is 7.77. The quantitative estimate of drug-likeness (QED) is 0.776. The molecule has 104 valence electrons. The maximum atomic E-state index is 9.20. The van der Waals surface area contributed by atoms with Crippen molar-refractivity contribution in [3.05, 3.63) is 0 Å². The van der Waals surface area contributed by atoms with Gasteiger partial charge in [-0.1, -0.05) is 19.3 Å². The Bertz CT molecular complexity index is 352. The molecule has 1 saturated carbocycles. The highest BCUT2D eigenvalue weighted by Gasteiger charge is 2.36. The average molecular weight is 259 g/mol. The maximum absolute atomic E-state index is 9.20. The molecule has 2 fully saturated rings. The van der Waals surface area contributed by atoms with Gasteiger partial charge in [0.05, 0.1) is 18.1 Å². The molecule has 1 aliphatic carbocycles. The third-order valence-electron chi connectivity index (χ3n) is 4.92. The first kappa shape index (κ1) is 14.4. The number of hydrogen-bond donors (Lipinski definition) is 0. The monoisotopic (exact) mass is 259 g/mol. The molecule has 0 amide bonds. The minimum absolute atomic E-state index is 0.0402. The van der Waals surface area contributed by atoms with Crippen LogP contribution in [0.2, 0.25) is 0 Å². The summed E-state index contributed by atoms with van der Waals surface area (Å²) in [5.74, 6) is 0.0402. The van der Waals surface area contributed by atoms with E-state index >= 15 is 0 Å². The van der Waals surface area contributed by atoms with Gasteiger partial charge in [-0.25, -0.2) is 0 Å². The second kappa shape index (κ2) is 6.92. The fraction of sp³-hybridized carbons (Fsp3) is 0.875. The van der Waals surface area contributed by atoms with E-state index < -0.39 is 0 Å². The highest BCUT2D eigenvalue weighted by atomic mass is 15.1. The highest BCUT2D eigenvalue weighted by Crippen LogP contribution is 2.43. The number of rotatable bonds is 4. The third kappa shape index (κ3) is 3.95. The molecule has 2 aliphatic rings. The molecule has 0 aromatic carbocycles. The minimum Gasteiger partial charge on any atom is -0.301 e. The molecule has 1 spiro atoms. The molecule has 0 N–H and O–H groups in total. The van der Waals surface area contributed by atoms with E-state index in [0.29, 0.717) is 11.8 Å². The van der Waals surface area contributed by atoms with Crippen LogP contribution in [0.3, 0.4) is 0 Å². The number of nitriles is 2. The molecule has 0 radical (unpaired) electrons. The van der Waals surface area contributed by atoms with E-state index in [1.165, 1.54) is 51.5 Å². The molecule has 0 bridgehead atoms. The molecule has 1 aliphatic heterocycles. The van der Waals surface area contributed by atoms with Crippen LogP contribution in [-0.4, -0.2) is 24.5 Å². The summed E-state index contributed by atoms with van der Waals surface area (Å²) in [6.07, 6.45) is 10.9. The number of piperidine rings is 1. The lowest BCUT2D eigenvalue weighted by atomic mass is 9.69. The molecule has 19 heavy (non-hydrogen) atoms. The second-order valence-corrected chi connectivity index (χ2v) is 6.42. The van der Waals surface area contributed by atoms with Crippen molar-refractivity contribution in [1.29, 1.82) is 10.5 Å². The lowest BCUT2D eigenvalue weighted by Crippen LogP contribution is -2.45. The van der Waals surface area contributed by atoms with Crippen molar-refractivity contribution >= 4 is 0 Å². The van der Waals surface area contributed by atoms with Crippen molar-refractivity contribution in [2.24, 2.45) is 11.3 Å². The molecule has 0 aromatic rings. The molecule has 3 heteroatoms. The molecule has 1 unspecified atom stereocenters. The Morgan fingerprint density at radius 3 is 2.47 bits per heavy atom. The number of hydrogen-bond acceptors (Lipinski definition) is 3. The van der Waals surface area contributed by atoms with Crippen LogP contribution in [0.1, 0.15) is 57.8 Å². The Morgan fingerprint density at radius 1 is 1.05 bits per heavy atom. The molecule has 3 nitrogen and oxygen atoms in total. The maximum Gasteiger partial charge on any atom is 0.0669 e. The van der Waals surface area contributed by atoms with E-state index in [0.717, 1.165) is 19.5 Å². The van der Waals surface area contributed by atoms with Crippen molar-refractivity contribution in [1.82, 2.24) is 4.90 Å². The molecule has 0 aromatic heterocycles. The van der Waals surface area contributed by atoms with Gasteiger partial charge in [0.15, 0.2) is 0 Å². The number of likely N-dealkylation sites (tertiary alicyclic amines) is 1. The van der Waals surface area contributed by atoms with E-state index in [2.05, 4.69) is 17.0 Å². The molecule has 2 rings (SSSR count). The summed E-state index contributed by atoms with van der Waals surface area (Å²) in [5, 5.41) is 17.8. The Balaban J connectivity index is 1.86. The lowest BCUT2D eigenvalue weighted by Gasteiger charge is -2.45. The smallest absolute Gasteiger partial charge is 0.0669 e. The topological polar surface area (TPSA) is 50.8 Å². The third-order valence-corrected chi connectivity index (χ3v) is 4.92. The molecule has 1 heterocycles. The standard InChI is InChI=1S/C16H25N3/c17-10-4-6-15(12-18)13-19-11-5-9-16(14-19)7-2-1-3-8-16/h15H,1-9,11,13-14H2. The fourth-order valence-electron chi connectivity index (χ4n) is 3.92. The van der Waals surface area contributed by atoms with Gasteiger partial charge in [0.25, 0.3) is 0 Å².